The normalized spacial score (nSPS) is 23.6. The SMILES string of the molecule is CN(C(=O)c1cccs1)C1CCC(C(=O)O)CC1. The monoisotopic (exact) mass is 267 g/mol. The maximum Gasteiger partial charge on any atom is 0.306 e. The Hall–Kier alpha value is -1.36. The molecule has 0 aliphatic heterocycles. The van der Waals surface area contributed by atoms with Gasteiger partial charge in [-0.05, 0) is 37.1 Å². The lowest BCUT2D eigenvalue weighted by Crippen LogP contribution is -2.40. The first-order chi connectivity index (χ1) is 8.59. The Morgan fingerprint density at radius 3 is 2.50 bits per heavy atom. The van der Waals surface area contributed by atoms with Crippen LogP contribution in [0.4, 0.5) is 0 Å². The molecule has 1 aromatic rings. The predicted octanol–water partition coefficient (Wildman–Crippen LogP) is 2.46. The summed E-state index contributed by atoms with van der Waals surface area (Å²) in [7, 11) is 1.81. The largest absolute Gasteiger partial charge is 0.481 e. The van der Waals surface area contributed by atoms with Gasteiger partial charge in [0.2, 0.25) is 0 Å². The van der Waals surface area contributed by atoms with Crippen molar-refractivity contribution in [1.29, 1.82) is 0 Å². The van der Waals surface area contributed by atoms with Crippen molar-refractivity contribution in [3.05, 3.63) is 22.4 Å². The molecule has 1 aromatic heterocycles. The van der Waals surface area contributed by atoms with Crippen LogP contribution < -0.4 is 0 Å². The van der Waals surface area contributed by atoms with E-state index in [0.29, 0.717) is 12.8 Å². The highest BCUT2D eigenvalue weighted by Crippen LogP contribution is 2.28. The predicted molar refractivity (Wildman–Crippen MR) is 69.8 cm³/mol. The maximum atomic E-state index is 12.1. The third-order valence-corrected chi connectivity index (χ3v) is 4.50. The highest BCUT2D eigenvalue weighted by molar-refractivity contribution is 7.12. The van der Waals surface area contributed by atoms with Gasteiger partial charge in [0.15, 0.2) is 0 Å². The molecule has 18 heavy (non-hydrogen) atoms. The van der Waals surface area contributed by atoms with Crippen LogP contribution in [0.5, 0.6) is 0 Å². The molecule has 0 radical (unpaired) electrons. The fourth-order valence-electron chi connectivity index (χ4n) is 2.45. The third-order valence-electron chi connectivity index (χ3n) is 3.65. The van der Waals surface area contributed by atoms with Crippen LogP contribution in [0.15, 0.2) is 17.5 Å². The minimum absolute atomic E-state index is 0.0452. The van der Waals surface area contributed by atoms with Gasteiger partial charge in [0.05, 0.1) is 10.8 Å². The van der Waals surface area contributed by atoms with E-state index >= 15 is 0 Å². The second-order valence-corrected chi connectivity index (χ2v) is 5.68. The smallest absolute Gasteiger partial charge is 0.306 e. The number of carbonyl (C=O) groups is 2. The third kappa shape index (κ3) is 2.72. The van der Waals surface area contributed by atoms with Gasteiger partial charge >= 0.3 is 5.97 Å². The minimum atomic E-state index is -0.708. The number of hydrogen-bond donors (Lipinski definition) is 1. The number of amides is 1. The summed E-state index contributed by atoms with van der Waals surface area (Å²) in [4.78, 5) is 25.5. The Morgan fingerprint density at radius 1 is 1.33 bits per heavy atom. The molecule has 4 nitrogen and oxygen atoms in total. The highest BCUT2D eigenvalue weighted by atomic mass is 32.1. The summed E-state index contributed by atoms with van der Waals surface area (Å²) in [6, 6.07) is 3.87. The van der Waals surface area contributed by atoms with Gasteiger partial charge in [-0.25, -0.2) is 0 Å². The van der Waals surface area contributed by atoms with E-state index in [4.69, 9.17) is 5.11 Å². The summed E-state index contributed by atoms with van der Waals surface area (Å²) < 4.78 is 0. The molecule has 1 aliphatic carbocycles. The fraction of sp³-hybridized carbons (Fsp3) is 0.538. The van der Waals surface area contributed by atoms with E-state index in [1.807, 2.05) is 24.6 Å². The standard InChI is InChI=1S/C13H17NO3S/c1-14(12(15)11-3-2-8-18-11)10-6-4-9(5-7-10)13(16)17/h2-3,8-10H,4-7H2,1H3,(H,16,17). The molecular weight excluding hydrogens is 250 g/mol. The van der Waals surface area contributed by atoms with Gasteiger partial charge in [0.25, 0.3) is 5.91 Å². The molecule has 0 aromatic carbocycles. The van der Waals surface area contributed by atoms with Gasteiger partial charge in [0.1, 0.15) is 0 Å². The topological polar surface area (TPSA) is 57.6 Å². The minimum Gasteiger partial charge on any atom is -0.481 e. The zero-order chi connectivity index (χ0) is 13.1. The van der Waals surface area contributed by atoms with Crippen molar-refractivity contribution < 1.29 is 14.7 Å². The lowest BCUT2D eigenvalue weighted by molar-refractivity contribution is -0.143. The van der Waals surface area contributed by atoms with Crippen molar-refractivity contribution in [2.75, 3.05) is 7.05 Å². The summed E-state index contributed by atoms with van der Waals surface area (Å²) in [5.41, 5.74) is 0. The van der Waals surface area contributed by atoms with Crippen molar-refractivity contribution in [1.82, 2.24) is 4.90 Å². The summed E-state index contributed by atoms with van der Waals surface area (Å²) in [6.45, 7) is 0. The van der Waals surface area contributed by atoms with E-state index in [1.165, 1.54) is 11.3 Å². The van der Waals surface area contributed by atoms with Crippen LogP contribution in [0, 0.1) is 5.92 Å². The molecule has 1 amide bonds. The number of rotatable bonds is 3. The van der Waals surface area contributed by atoms with Crippen LogP contribution in [0.2, 0.25) is 0 Å². The van der Waals surface area contributed by atoms with Crippen LogP contribution >= 0.6 is 11.3 Å². The Labute approximate surface area is 110 Å². The van der Waals surface area contributed by atoms with E-state index in [9.17, 15) is 9.59 Å². The van der Waals surface area contributed by atoms with E-state index < -0.39 is 5.97 Å². The van der Waals surface area contributed by atoms with Gasteiger partial charge in [0, 0.05) is 13.1 Å². The Balaban J connectivity index is 1.93. The van der Waals surface area contributed by atoms with E-state index in [1.54, 1.807) is 4.90 Å². The molecule has 0 saturated heterocycles. The van der Waals surface area contributed by atoms with Crippen molar-refractivity contribution in [2.24, 2.45) is 5.92 Å². The summed E-state index contributed by atoms with van der Waals surface area (Å²) in [5.74, 6) is -0.893. The average molecular weight is 267 g/mol. The molecule has 1 saturated carbocycles. The van der Waals surface area contributed by atoms with Gasteiger partial charge in [-0.2, -0.15) is 0 Å². The number of carboxylic acid groups (broad SMARTS) is 1. The molecule has 1 N–H and O–H groups in total. The van der Waals surface area contributed by atoms with Gasteiger partial charge in [-0.15, -0.1) is 11.3 Å². The fourth-order valence-corrected chi connectivity index (χ4v) is 3.16. The quantitative estimate of drug-likeness (QED) is 0.915. The average Bonchev–Trinajstić information content (AvgIpc) is 2.91. The Bertz CT molecular complexity index is 421. The van der Waals surface area contributed by atoms with Crippen molar-refractivity contribution in [3.8, 4) is 0 Å². The molecule has 1 aliphatic rings. The van der Waals surface area contributed by atoms with E-state index in [2.05, 4.69) is 0 Å². The molecular formula is C13H17NO3S. The molecule has 0 unspecified atom stereocenters. The number of carboxylic acids is 1. The first kappa shape index (κ1) is 13.1. The zero-order valence-electron chi connectivity index (χ0n) is 10.3. The molecule has 1 fully saturated rings. The number of aliphatic carboxylic acids is 1. The van der Waals surface area contributed by atoms with Crippen LogP contribution in [0.1, 0.15) is 35.4 Å². The van der Waals surface area contributed by atoms with Gasteiger partial charge in [-0.3, -0.25) is 9.59 Å². The molecule has 5 heteroatoms. The summed E-state index contributed by atoms with van der Waals surface area (Å²) in [6.07, 6.45) is 2.90. The van der Waals surface area contributed by atoms with Crippen LogP contribution in [-0.2, 0) is 4.79 Å². The lowest BCUT2D eigenvalue weighted by Gasteiger charge is -2.33. The molecule has 0 bridgehead atoms. The Morgan fingerprint density at radius 2 is 2.00 bits per heavy atom. The number of nitrogens with zero attached hydrogens (tertiary/aromatic N) is 1. The molecule has 0 spiro atoms. The maximum absolute atomic E-state index is 12.1. The van der Waals surface area contributed by atoms with Crippen molar-refractivity contribution in [2.45, 2.75) is 31.7 Å². The first-order valence-corrected chi connectivity index (χ1v) is 7.01. The van der Waals surface area contributed by atoms with E-state index in [-0.39, 0.29) is 17.9 Å². The summed E-state index contributed by atoms with van der Waals surface area (Å²) in [5, 5.41) is 10.8. The van der Waals surface area contributed by atoms with Crippen molar-refractivity contribution in [3.63, 3.8) is 0 Å². The molecule has 1 heterocycles. The van der Waals surface area contributed by atoms with Crippen LogP contribution in [-0.4, -0.2) is 35.0 Å². The molecule has 0 atom stereocenters. The van der Waals surface area contributed by atoms with E-state index in [0.717, 1.165) is 17.7 Å². The second-order valence-electron chi connectivity index (χ2n) is 4.74. The second kappa shape index (κ2) is 5.52. The number of carbonyl (C=O) groups excluding carboxylic acids is 1. The van der Waals surface area contributed by atoms with Gasteiger partial charge < -0.3 is 10.0 Å². The van der Waals surface area contributed by atoms with Crippen LogP contribution in [0.3, 0.4) is 0 Å². The lowest BCUT2D eigenvalue weighted by atomic mass is 9.85. The zero-order valence-corrected chi connectivity index (χ0v) is 11.2. The summed E-state index contributed by atoms with van der Waals surface area (Å²) >= 11 is 1.44. The Kier molecular flexibility index (Phi) is 4.01. The highest BCUT2D eigenvalue weighted by Gasteiger charge is 2.30. The van der Waals surface area contributed by atoms with Gasteiger partial charge in [-0.1, -0.05) is 6.07 Å². The number of thiophene rings is 1. The molecule has 98 valence electrons. The first-order valence-electron chi connectivity index (χ1n) is 6.13. The van der Waals surface area contributed by atoms with Crippen molar-refractivity contribution >= 4 is 23.2 Å². The molecule has 2 rings (SSSR count). The number of hydrogen-bond acceptors (Lipinski definition) is 3. The van der Waals surface area contributed by atoms with Crippen LogP contribution in [0.25, 0.3) is 0 Å².